The summed E-state index contributed by atoms with van der Waals surface area (Å²) in [5, 5.41) is 19.8. The minimum absolute atomic E-state index is 0.0426. The summed E-state index contributed by atoms with van der Waals surface area (Å²) in [6.45, 7) is 0. The van der Waals surface area contributed by atoms with Gasteiger partial charge < -0.3 is 5.11 Å². The highest BCUT2D eigenvalue weighted by Gasteiger charge is 2.22. The van der Waals surface area contributed by atoms with E-state index in [0.29, 0.717) is 5.56 Å². The van der Waals surface area contributed by atoms with E-state index in [1.54, 1.807) is 0 Å². The number of hydrogen-bond acceptors (Lipinski definition) is 3. The Morgan fingerprint density at radius 2 is 2.00 bits per heavy atom. The van der Waals surface area contributed by atoms with E-state index in [-0.39, 0.29) is 17.2 Å². The molecule has 0 radical (unpaired) electrons. The van der Waals surface area contributed by atoms with Gasteiger partial charge in [0.25, 0.3) is 5.69 Å². The molecule has 0 aliphatic heterocycles. The van der Waals surface area contributed by atoms with E-state index >= 15 is 0 Å². The van der Waals surface area contributed by atoms with Crippen LogP contribution < -0.4 is 0 Å². The number of rotatable bonds is 3. The van der Waals surface area contributed by atoms with Gasteiger partial charge in [0.1, 0.15) is 0 Å². The lowest BCUT2D eigenvalue weighted by Gasteiger charge is -2.12. The van der Waals surface area contributed by atoms with Crippen molar-refractivity contribution in [2.45, 2.75) is 18.8 Å². The van der Waals surface area contributed by atoms with Crippen molar-refractivity contribution in [3.8, 4) is 0 Å². The average molecular weight is 233 g/mol. The Balaban J connectivity index is 2.47. The van der Waals surface area contributed by atoms with Crippen molar-refractivity contribution >= 4 is 11.7 Å². The van der Waals surface area contributed by atoms with E-state index in [9.17, 15) is 14.9 Å². The number of benzene rings is 1. The molecule has 1 aromatic rings. The first kappa shape index (κ1) is 11.3. The number of non-ortho nitro benzene ring substituents is 1. The molecule has 2 rings (SSSR count). The number of nitro benzene ring substituents is 1. The lowest BCUT2D eigenvalue weighted by Crippen LogP contribution is -2.06. The van der Waals surface area contributed by atoms with Crippen LogP contribution in [-0.4, -0.2) is 16.0 Å². The van der Waals surface area contributed by atoms with Gasteiger partial charge in [-0.05, 0) is 30.4 Å². The van der Waals surface area contributed by atoms with E-state index in [1.807, 2.05) is 12.2 Å². The Bertz CT molecular complexity index is 499. The monoisotopic (exact) mass is 233 g/mol. The van der Waals surface area contributed by atoms with Crippen LogP contribution in [0.4, 0.5) is 5.69 Å². The lowest BCUT2D eigenvalue weighted by molar-refractivity contribution is -0.384. The fourth-order valence-corrected chi connectivity index (χ4v) is 2.07. The van der Waals surface area contributed by atoms with E-state index in [0.717, 1.165) is 12.8 Å². The Labute approximate surface area is 97.5 Å². The van der Waals surface area contributed by atoms with Crippen LogP contribution in [0.25, 0.3) is 0 Å². The van der Waals surface area contributed by atoms with Crippen LogP contribution in [0, 0.1) is 10.1 Å². The summed E-state index contributed by atoms with van der Waals surface area (Å²) in [7, 11) is 0. The highest BCUT2D eigenvalue weighted by atomic mass is 16.6. The molecule has 1 aromatic carbocycles. The molecular weight excluding hydrogens is 222 g/mol. The van der Waals surface area contributed by atoms with Crippen LogP contribution in [0.5, 0.6) is 0 Å². The molecule has 0 saturated carbocycles. The number of carboxylic acids is 1. The first-order valence-electron chi connectivity index (χ1n) is 5.26. The van der Waals surface area contributed by atoms with Gasteiger partial charge in [-0.1, -0.05) is 12.2 Å². The molecule has 1 N–H and O–H groups in total. The Kier molecular flexibility index (Phi) is 2.91. The Morgan fingerprint density at radius 3 is 2.53 bits per heavy atom. The largest absolute Gasteiger partial charge is 0.478 e. The maximum absolute atomic E-state index is 11.1. The van der Waals surface area contributed by atoms with Gasteiger partial charge in [0.2, 0.25) is 0 Å². The van der Waals surface area contributed by atoms with Gasteiger partial charge in [0.05, 0.1) is 10.5 Å². The summed E-state index contributed by atoms with van der Waals surface area (Å²) in [6.07, 6.45) is 5.41. The van der Waals surface area contributed by atoms with Crippen molar-refractivity contribution in [1.29, 1.82) is 0 Å². The van der Waals surface area contributed by atoms with Crippen LogP contribution in [0.1, 0.15) is 34.7 Å². The van der Waals surface area contributed by atoms with E-state index in [1.165, 1.54) is 18.2 Å². The maximum Gasteiger partial charge on any atom is 0.335 e. The van der Waals surface area contributed by atoms with Crippen molar-refractivity contribution in [1.82, 2.24) is 0 Å². The summed E-state index contributed by atoms with van der Waals surface area (Å²) in [5.74, 6) is -0.997. The van der Waals surface area contributed by atoms with Gasteiger partial charge in [-0.2, -0.15) is 0 Å². The number of carbonyl (C=O) groups is 1. The van der Waals surface area contributed by atoms with Crippen LogP contribution in [0.15, 0.2) is 30.4 Å². The Morgan fingerprint density at radius 1 is 1.35 bits per heavy atom. The predicted molar refractivity (Wildman–Crippen MR) is 61.2 cm³/mol. The zero-order chi connectivity index (χ0) is 12.4. The molecule has 17 heavy (non-hydrogen) atoms. The second-order valence-corrected chi connectivity index (χ2v) is 3.97. The summed E-state index contributed by atoms with van der Waals surface area (Å²) in [5.41, 5.74) is 0.651. The van der Waals surface area contributed by atoms with Crippen molar-refractivity contribution in [2.24, 2.45) is 0 Å². The third kappa shape index (κ3) is 2.18. The fraction of sp³-hybridized carbons (Fsp3) is 0.250. The van der Waals surface area contributed by atoms with Crippen molar-refractivity contribution < 1.29 is 14.8 Å². The van der Waals surface area contributed by atoms with Gasteiger partial charge in [0, 0.05) is 12.1 Å². The topological polar surface area (TPSA) is 80.4 Å². The zero-order valence-corrected chi connectivity index (χ0v) is 9.00. The molecule has 0 heterocycles. The molecule has 0 aromatic heterocycles. The minimum atomic E-state index is -1.04. The van der Waals surface area contributed by atoms with Gasteiger partial charge >= 0.3 is 5.97 Å². The average Bonchev–Trinajstić information content (AvgIpc) is 2.81. The molecule has 0 amide bonds. The van der Waals surface area contributed by atoms with E-state index in [4.69, 9.17) is 5.11 Å². The molecule has 0 spiro atoms. The second kappa shape index (κ2) is 4.37. The number of nitrogens with zero attached hydrogens (tertiary/aromatic N) is 1. The number of aromatic carboxylic acids is 1. The zero-order valence-electron chi connectivity index (χ0n) is 9.00. The van der Waals surface area contributed by atoms with E-state index < -0.39 is 10.9 Å². The molecule has 1 aliphatic carbocycles. The van der Waals surface area contributed by atoms with Gasteiger partial charge in [-0.25, -0.2) is 4.79 Å². The van der Waals surface area contributed by atoms with Gasteiger partial charge in [0.15, 0.2) is 0 Å². The standard InChI is InChI=1S/C12H11NO4/c14-12(15)10-6-5-9(13(16)17)7-11(10)8-3-1-2-4-8/h1-2,5-8H,3-4H2,(H,14,15). The molecule has 0 unspecified atom stereocenters. The third-order valence-electron chi connectivity index (χ3n) is 2.92. The number of nitro groups is 1. The highest BCUT2D eigenvalue weighted by Crippen LogP contribution is 2.33. The normalized spacial score (nSPS) is 15.1. The smallest absolute Gasteiger partial charge is 0.335 e. The number of allylic oxidation sites excluding steroid dienone is 2. The summed E-state index contributed by atoms with van der Waals surface area (Å²) >= 11 is 0. The van der Waals surface area contributed by atoms with Crippen LogP contribution in [-0.2, 0) is 0 Å². The molecule has 0 atom stereocenters. The predicted octanol–water partition coefficient (Wildman–Crippen LogP) is 2.73. The molecular formula is C12H11NO4. The number of hydrogen-bond donors (Lipinski definition) is 1. The van der Waals surface area contributed by atoms with Gasteiger partial charge in [-0.15, -0.1) is 0 Å². The molecule has 0 bridgehead atoms. The molecule has 0 saturated heterocycles. The van der Waals surface area contributed by atoms with Crippen molar-refractivity contribution in [3.05, 3.63) is 51.6 Å². The summed E-state index contributed by atoms with van der Waals surface area (Å²) in [4.78, 5) is 21.3. The maximum atomic E-state index is 11.1. The molecule has 5 nitrogen and oxygen atoms in total. The second-order valence-electron chi connectivity index (χ2n) is 3.97. The Hall–Kier alpha value is -2.17. The minimum Gasteiger partial charge on any atom is -0.478 e. The number of carboxylic acid groups (broad SMARTS) is 1. The highest BCUT2D eigenvalue weighted by molar-refractivity contribution is 5.90. The lowest BCUT2D eigenvalue weighted by atomic mass is 9.92. The van der Waals surface area contributed by atoms with Crippen molar-refractivity contribution in [2.75, 3.05) is 0 Å². The van der Waals surface area contributed by atoms with Crippen LogP contribution >= 0.6 is 0 Å². The first-order valence-corrected chi connectivity index (χ1v) is 5.26. The molecule has 88 valence electrons. The molecule has 1 aliphatic rings. The quantitative estimate of drug-likeness (QED) is 0.494. The third-order valence-corrected chi connectivity index (χ3v) is 2.92. The summed E-state index contributed by atoms with van der Waals surface area (Å²) in [6, 6.07) is 3.92. The first-order chi connectivity index (χ1) is 8.09. The van der Waals surface area contributed by atoms with Gasteiger partial charge in [-0.3, -0.25) is 10.1 Å². The van der Waals surface area contributed by atoms with Crippen LogP contribution in [0.2, 0.25) is 0 Å². The SMILES string of the molecule is O=C(O)c1ccc([N+](=O)[O-])cc1C1CC=CC1. The fourth-order valence-electron chi connectivity index (χ4n) is 2.07. The summed E-state index contributed by atoms with van der Waals surface area (Å²) < 4.78 is 0. The van der Waals surface area contributed by atoms with E-state index in [2.05, 4.69) is 0 Å². The molecule has 5 heteroatoms. The molecule has 0 fully saturated rings. The van der Waals surface area contributed by atoms with Crippen molar-refractivity contribution in [3.63, 3.8) is 0 Å². The van der Waals surface area contributed by atoms with Crippen LogP contribution in [0.3, 0.4) is 0 Å².